The molecule has 82 valence electrons. The molecular formula is C8H14O6. The lowest BCUT2D eigenvalue weighted by atomic mass is 10.1. The van der Waals surface area contributed by atoms with Crippen LogP contribution in [0.5, 0.6) is 0 Å². The first-order valence-corrected chi connectivity index (χ1v) is 3.93. The third-order valence-corrected chi connectivity index (χ3v) is 1.49. The van der Waals surface area contributed by atoms with Crippen molar-refractivity contribution < 1.29 is 29.6 Å². The Morgan fingerprint density at radius 3 is 1.21 bits per heavy atom. The quantitative estimate of drug-likeness (QED) is 0.507. The molecule has 0 amide bonds. The number of carboxylic acids is 2. The van der Waals surface area contributed by atoms with E-state index in [0.717, 1.165) is 0 Å². The second-order valence-electron chi connectivity index (χ2n) is 3.80. The Labute approximate surface area is 81.4 Å². The molecule has 0 saturated heterocycles. The van der Waals surface area contributed by atoms with Crippen LogP contribution in [0.4, 0.5) is 0 Å². The molecule has 0 aromatic carbocycles. The number of hydrogen-bond acceptors (Lipinski definition) is 4. The number of aliphatic carboxylic acids is 2. The number of hydrogen-bond donors (Lipinski definition) is 2. The van der Waals surface area contributed by atoms with Crippen molar-refractivity contribution in [3.63, 3.8) is 0 Å². The van der Waals surface area contributed by atoms with Crippen LogP contribution in [0.3, 0.4) is 0 Å². The fourth-order valence-corrected chi connectivity index (χ4v) is 0.280. The summed E-state index contributed by atoms with van der Waals surface area (Å²) in [6, 6.07) is 0. The van der Waals surface area contributed by atoms with Crippen LogP contribution in [0.25, 0.3) is 0 Å². The highest BCUT2D eigenvalue weighted by atomic mass is 17.2. The summed E-state index contributed by atoms with van der Waals surface area (Å²) in [5, 5.41) is 17.2. The highest BCUT2D eigenvalue weighted by molar-refractivity contribution is 5.77. The molecule has 0 aromatic heterocycles. The molecule has 2 N–H and O–H groups in total. The first-order valence-electron chi connectivity index (χ1n) is 3.93. The Morgan fingerprint density at radius 2 is 1.07 bits per heavy atom. The van der Waals surface area contributed by atoms with Gasteiger partial charge in [0.15, 0.2) is 11.2 Å². The van der Waals surface area contributed by atoms with Gasteiger partial charge in [-0.2, -0.15) is 0 Å². The van der Waals surface area contributed by atoms with Gasteiger partial charge >= 0.3 is 11.9 Å². The number of rotatable bonds is 5. The summed E-state index contributed by atoms with van der Waals surface area (Å²) in [5.74, 6) is -2.47. The van der Waals surface area contributed by atoms with E-state index in [-0.39, 0.29) is 0 Å². The van der Waals surface area contributed by atoms with E-state index < -0.39 is 23.1 Å². The minimum Gasteiger partial charge on any atom is -0.479 e. The summed E-state index contributed by atoms with van der Waals surface area (Å²) in [7, 11) is 0. The van der Waals surface area contributed by atoms with Crippen LogP contribution in [0.2, 0.25) is 0 Å². The monoisotopic (exact) mass is 206 g/mol. The molecule has 0 heterocycles. The van der Waals surface area contributed by atoms with Crippen molar-refractivity contribution in [1.29, 1.82) is 0 Å². The fourth-order valence-electron chi connectivity index (χ4n) is 0.280. The van der Waals surface area contributed by atoms with E-state index in [1.807, 2.05) is 0 Å². The van der Waals surface area contributed by atoms with Crippen LogP contribution in [0.1, 0.15) is 27.7 Å². The van der Waals surface area contributed by atoms with E-state index in [9.17, 15) is 9.59 Å². The first-order chi connectivity index (χ1) is 6.09. The van der Waals surface area contributed by atoms with Gasteiger partial charge in [-0.25, -0.2) is 19.4 Å². The Kier molecular flexibility index (Phi) is 3.61. The van der Waals surface area contributed by atoms with Gasteiger partial charge in [0.1, 0.15) is 0 Å². The molecule has 0 unspecified atom stereocenters. The predicted octanol–water partition coefficient (Wildman–Crippen LogP) is 0.661. The van der Waals surface area contributed by atoms with Crippen LogP contribution >= 0.6 is 0 Å². The molecule has 0 aliphatic carbocycles. The molecule has 0 atom stereocenters. The zero-order valence-corrected chi connectivity index (χ0v) is 8.53. The van der Waals surface area contributed by atoms with Gasteiger partial charge in [0.2, 0.25) is 0 Å². The second kappa shape index (κ2) is 3.93. The molecule has 0 fully saturated rings. The summed E-state index contributed by atoms with van der Waals surface area (Å²) in [6.45, 7) is 5.03. The van der Waals surface area contributed by atoms with Gasteiger partial charge in [-0.05, 0) is 27.7 Å². The lowest BCUT2D eigenvalue weighted by molar-refractivity contribution is -0.386. The molecule has 0 aliphatic rings. The van der Waals surface area contributed by atoms with Crippen molar-refractivity contribution in [2.45, 2.75) is 38.9 Å². The minimum atomic E-state index is -1.58. The summed E-state index contributed by atoms with van der Waals surface area (Å²) < 4.78 is 0. The van der Waals surface area contributed by atoms with E-state index in [4.69, 9.17) is 10.2 Å². The van der Waals surface area contributed by atoms with Crippen molar-refractivity contribution in [3.05, 3.63) is 0 Å². The highest BCUT2D eigenvalue weighted by Gasteiger charge is 2.36. The Morgan fingerprint density at radius 1 is 0.857 bits per heavy atom. The minimum absolute atomic E-state index is 1.24. The van der Waals surface area contributed by atoms with Crippen molar-refractivity contribution in [1.82, 2.24) is 0 Å². The molecule has 6 nitrogen and oxygen atoms in total. The lowest BCUT2D eigenvalue weighted by Gasteiger charge is -2.24. The van der Waals surface area contributed by atoms with Crippen molar-refractivity contribution in [3.8, 4) is 0 Å². The SMILES string of the molecule is CC(C)(OOC(C)(C)C(=O)O)C(=O)O. The van der Waals surface area contributed by atoms with E-state index in [1.54, 1.807) is 0 Å². The second-order valence-corrected chi connectivity index (χ2v) is 3.80. The molecule has 14 heavy (non-hydrogen) atoms. The van der Waals surface area contributed by atoms with Gasteiger partial charge in [0.05, 0.1) is 0 Å². The normalized spacial score (nSPS) is 12.6. The maximum Gasteiger partial charge on any atom is 0.338 e. The molecule has 0 aliphatic heterocycles. The Hall–Kier alpha value is -1.14. The maximum absolute atomic E-state index is 10.6. The smallest absolute Gasteiger partial charge is 0.338 e. The van der Waals surface area contributed by atoms with Crippen LogP contribution < -0.4 is 0 Å². The molecule has 0 bridgehead atoms. The van der Waals surface area contributed by atoms with E-state index >= 15 is 0 Å². The largest absolute Gasteiger partial charge is 0.479 e. The van der Waals surface area contributed by atoms with E-state index in [0.29, 0.717) is 0 Å². The standard InChI is InChI=1S/C8H14O6/c1-7(2,5(9)10)13-14-8(3,4)6(11)12/h1-4H3,(H,9,10)(H,11,12). The van der Waals surface area contributed by atoms with Crippen molar-refractivity contribution >= 4 is 11.9 Å². The third kappa shape index (κ3) is 3.31. The van der Waals surface area contributed by atoms with Crippen LogP contribution in [0, 0.1) is 0 Å². The van der Waals surface area contributed by atoms with Gasteiger partial charge in [-0.3, -0.25) is 0 Å². The van der Waals surface area contributed by atoms with E-state index in [2.05, 4.69) is 9.78 Å². The van der Waals surface area contributed by atoms with Gasteiger partial charge in [-0.15, -0.1) is 0 Å². The van der Waals surface area contributed by atoms with Crippen molar-refractivity contribution in [2.75, 3.05) is 0 Å². The summed E-state index contributed by atoms with van der Waals surface area (Å²) in [6.07, 6.45) is 0. The average Bonchev–Trinajstić information content (AvgIpc) is 2.01. The van der Waals surface area contributed by atoms with Crippen molar-refractivity contribution in [2.24, 2.45) is 0 Å². The molecule has 0 saturated carbocycles. The van der Waals surface area contributed by atoms with Gasteiger partial charge < -0.3 is 10.2 Å². The van der Waals surface area contributed by atoms with Crippen LogP contribution in [-0.4, -0.2) is 33.4 Å². The Bertz CT molecular complexity index is 216. The third-order valence-electron chi connectivity index (χ3n) is 1.49. The maximum atomic E-state index is 10.6. The molecule has 6 heteroatoms. The Balaban J connectivity index is 4.32. The average molecular weight is 206 g/mol. The molecular weight excluding hydrogens is 192 g/mol. The number of carboxylic acid groups (broad SMARTS) is 2. The van der Waals surface area contributed by atoms with Gasteiger partial charge in [0.25, 0.3) is 0 Å². The summed E-state index contributed by atoms with van der Waals surface area (Å²) >= 11 is 0. The number of carbonyl (C=O) groups is 2. The van der Waals surface area contributed by atoms with Crippen LogP contribution in [-0.2, 0) is 19.4 Å². The summed E-state index contributed by atoms with van der Waals surface area (Å²) in [5.41, 5.74) is -3.15. The zero-order valence-electron chi connectivity index (χ0n) is 8.53. The molecule has 0 spiro atoms. The molecule has 0 aromatic rings. The van der Waals surface area contributed by atoms with E-state index in [1.165, 1.54) is 27.7 Å². The highest BCUT2D eigenvalue weighted by Crippen LogP contribution is 2.16. The zero-order chi connectivity index (χ0) is 11.6. The summed E-state index contributed by atoms with van der Waals surface area (Å²) in [4.78, 5) is 30.2. The van der Waals surface area contributed by atoms with Gasteiger partial charge in [-0.1, -0.05) is 0 Å². The molecule has 0 radical (unpaired) electrons. The molecule has 0 rings (SSSR count). The first kappa shape index (κ1) is 12.9. The van der Waals surface area contributed by atoms with Crippen LogP contribution in [0.15, 0.2) is 0 Å². The fraction of sp³-hybridized carbons (Fsp3) is 0.750. The lowest BCUT2D eigenvalue weighted by Crippen LogP contribution is -2.42. The predicted molar refractivity (Wildman–Crippen MR) is 45.6 cm³/mol. The topological polar surface area (TPSA) is 93.1 Å². The van der Waals surface area contributed by atoms with Gasteiger partial charge in [0, 0.05) is 0 Å².